The van der Waals surface area contributed by atoms with E-state index in [0.29, 0.717) is 0 Å². The van der Waals surface area contributed by atoms with Gasteiger partial charge in [0.05, 0.1) is 11.2 Å². The van der Waals surface area contributed by atoms with Crippen LogP contribution in [0.5, 0.6) is 0 Å². The molecular weight excluding hydrogens is 315 g/mol. The van der Waals surface area contributed by atoms with Crippen molar-refractivity contribution in [1.29, 1.82) is 0 Å². The molecule has 122 valence electrons. The van der Waals surface area contributed by atoms with Crippen molar-refractivity contribution in [2.45, 2.75) is 38.9 Å². The summed E-state index contributed by atoms with van der Waals surface area (Å²) in [6.45, 7) is 8.33. The van der Waals surface area contributed by atoms with Crippen LogP contribution < -0.4 is 5.46 Å². The van der Waals surface area contributed by atoms with Crippen LogP contribution in [-0.2, 0) is 9.31 Å². The maximum Gasteiger partial charge on any atom is 0.494 e. The molecule has 1 aromatic heterocycles. The van der Waals surface area contributed by atoms with Crippen molar-refractivity contribution >= 4 is 34.0 Å². The Morgan fingerprint density at radius 2 is 1.46 bits per heavy atom. The first kappa shape index (κ1) is 15.9. The minimum absolute atomic E-state index is 0.303. The summed E-state index contributed by atoms with van der Waals surface area (Å²) in [5.74, 6) is 0. The lowest BCUT2D eigenvalue weighted by Gasteiger charge is -2.32. The van der Waals surface area contributed by atoms with Gasteiger partial charge < -0.3 is 9.31 Å². The Kier molecular flexibility index (Phi) is 3.61. The summed E-state index contributed by atoms with van der Waals surface area (Å²) in [5, 5.41) is 3.54. The lowest BCUT2D eigenvalue weighted by molar-refractivity contribution is 0.00578. The van der Waals surface area contributed by atoms with Crippen molar-refractivity contribution in [3.05, 3.63) is 53.9 Å². The molecule has 1 saturated heterocycles. The van der Waals surface area contributed by atoms with Crippen LogP contribution in [-0.4, -0.2) is 18.3 Å². The van der Waals surface area contributed by atoms with E-state index < -0.39 is 0 Å². The summed E-state index contributed by atoms with van der Waals surface area (Å²) in [7, 11) is -0.303. The summed E-state index contributed by atoms with van der Waals surface area (Å²) in [4.78, 5) is 0. The maximum absolute atomic E-state index is 6.13. The van der Waals surface area contributed by atoms with Gasteiger partial charge in [0.1, 0.15) is 0 Å². The number of benzene rings is 2. The van der Waals surface area contributed by atoms with E-state index in [1.54, 1.807) is 11.3 Å². The second-order valence-electron chi connectivity index (χ2n) is 7.36. The first-order valence-electron chi connectivity index (χ1n) is 8.30. The van der Waals surface area contributed by atoms with Crippen LogP contribution in [0.2, 0.25) is 0 Å². The van der Waals surface area contributed by atoms with Crippen molar-refractivity contribution < 1.29 is 9.31 Å². The van der Waals surface area contributed by atoms with Gasteiger partial charge in [-0.3, -0.25) is 0 Å². The molecule has 3 aromatic rings. The summed E-state index contributed by atoms with van der Waals surface area (Å²) in [5.41, 5.74) is 2.97. The molecule has 0 radical (unpaired) electrons. The first-order valence-corrected chi connectivity index (χ1v) is 9.18. The SMILES string of the molecule is CC1(C)OB(c2ccc(-c3csc4ccccc34)cc2)OC1(C)C. The largest absolute Gasteiger partial charge is 0.494 e. The molecule has 1 aliphatic rings. The highest BCUT2D eigenvalue weighted by atomic mass is 32.1. The van der Waals surface area contributed by atoms with Crippen molar-refractivity contribution in [3.63, 3.8) is 0 Å². The van der Waals surface area contributed by atoms with E-state index in [9.17, 15) is 0 Å². The third kappa shape index (κ3) is 2.50. The van der Waals surface area contributed by atoms with Crippen LogP contribution in [0.4, 0.5) is 0 Å². The van der Waals surface area contributed by atoms with E-state index in [2.05, 4.69) is 81.6 Å². The van der Waals surface area contributed by atoms with Gasteiger partial charge in [0.15, 0.2) is 0 Å². The zero-order valence-electron chi connectivity index (χ0n) is 14.5. The minimum Gasteiger partial charge on any atom is -0.399 e. The molecule has 0 aliphatic carbocycles. The van der Waals surface area contributed by atoms with Crippen LogP contribution in [0.25, 0.3) is 21.2 Å². The molecule has 1 aliphatic heterocycles. The van der Waals surface area contributed by atoms with Crippen LogP contribution in [0.1, 0.15) is 27.7 Å². The summed E-state index contributed by atoms with van der Waals surface area (Å²) < 4.78 is 13.6. The van der Waals surface area contributed by atoms with Crippen molar-refractivity contribution in [3.8, 4) is 11.1 Å². The number of rotatable bonds is 2. The highest BCUT2D eigenvalue weighted by molar-refractivity contribution is 7.17. The Balaban J connectivity index is 1.64. The minimum atomic E-state index is -0.306. The van der Waals surface area contributed by atoms with E-state index >= 15 is 0 Å². The fourth-order valence-corrected chi connectivity index (χ4v) is 3.97. The number of thiophene rings is 1. The van der Waals surface area contributed by atoms with Gasteiger partial charge in [-0.2, -0.15) is 0 Å². The monoisotopic (exact) mass is 336 g/mol. The Morgan fingerprint density at radius 3 is 2.12 bits per heavy atom. The van der Waals surface area contributed by atoms with Gasteiger partial charge in [0.25, 0.3) is 0 Å². The van der Waals surface area contributed by atoms with Gasteiger partial charge in [-0.15, -0.1) is 11.3 Å². The Hall–Kier alpha value is -1.62. The normalized spacial score (nSPS) is 19.1. The van der Waals surface area contributed by atoms with Crippen LogP contribution >= 0.6 is 11.3 Å². The third-order valence-corrected chi connectivity index (χ3v) is 6.19. The molecule has 0 unspecified atom stereocenters. The van der Waals surface area contributed by atoms with Gasteiger partial charge in [0, 0.05) is 15.6 Å². The molecule has 0 spiro atoms. The second kappa shape index (κ2) is 5.45. The maximum atomic E-state index is 6.13. The van der Waals surface area contributed by atoms with E-state index in [0.717, 1.165) is 5.46 Å². The van der Waals surface area contributed by atoms with E-state index in [1.807, 2.05) is 0 Å². The summed E-state index contributed by atoms with van der Waals surface area (Å²) >= 11 is 1.79. The molecule has 0 N–H and O–H groups in total. The highest BCUT2D eigenvalue weighted by Crippen LogP contribution is 2.37. The number of hydrogen-bond donors (Lipinski definition) is 0. The summed E-state index contributed by atoms with van der Waals surface area (Å²) in [6, 6.07) is 17.1. The lowest BCUT2D eigenvalue weighted by Crippen LogP contribution is -2.41. The zero-order valence-corrected chi connectivity index (χ0v) is 15.3. The summed E-state index contributed by atoms with van der Waals surface area (Å²) in [6.07, 6.45) is 0. The fourth-order valence-electron chi connectivity index (χ4n) is 3.00. The Labute approximate surface area is 147 Å². The smallest absolute Gasteiger partial charge is 0.399 e. The quantitative estimate of drug-likeness (QED) is 0.622. The number of fused-ring (bicyclic) bond motifs is 1. The van der Waals surface area contributed by atoms with Gasteiger partial charge in [-0.25, -0.2) is 0 Å². The predicted octanol–water partition coefficient (Wildman–Crippen LogP) is 4.87. The molecule has 2 heterocycles. The molecule has 4 rings (SSSR count). The van der Waals surface area contributed by atoms with Crippen molar-refractivity contribution in [2.75, 3.05) is 0 Å². The topological polar surface area (TPSA) is 18.5 Å². The highest BCUT2D eigenvalue weighted by Gasteiger charge is 2.51. The van der Waals surface area contributed by atoms with Crippen molar-refractivity contribution in [1.82, 2.24) is 0 Å². The molecule has 24 heavy (non-hydrogen) atoms. The molecule has 2 aromatic carbocycles. The average molecular weight is 336 g/mol. The average Bonchev–Trinajstić information content (AvgIpc) is 3.06. The van der Waals surface area contributed by atoms with Crippen LogP contribution in [0.3, 0.4) is 0 Å². The van der Waals surface area contributed by atoms with Crippen LogP contribution in [0, 0.1) is 0 Å². The molecular formula is C20H21BO2S. The number of hydrogen-bond acceptors (Lipinski definition) is 3. The Morgan fingerprint density at radius 1 is 0.833 bits per heavy atom. The van der Waals surface area contributed by atoms with E-state index in [4.69, 9.17) is 9.31 Å². The van der Waals surface area contributed by atoms with E-state index in [1.165, 1.54) is 21.2 Å². The molecule has 0 bridgehead atoms. The molecule has 0 atom stereocenters. The van der Waals surface area contributed by atoms with Gasteiger partial charge in [0.2, 0.25) is 0 Å². The third-order valence-electron chi connectivity index (χ3n) is 5.23. The standard InChI is InChI=1S/C20H21BO2S/c1-19(2)20(3,4)23-21(22-19)15-11-9-14(10-12-15)17-13-24-18-8-6-5-7-16(17)18/h5-13H,1-4H3. The lowest BCUT2D eigenvalue weighted by atomic mass is 9.78. The van der Waals surface area contributed by atoms with Gasteiger partial charge in [-0.1, -0.05) is 42.5 Å². The Bertz CT molecular complexity index is 864. The van der Waals surface area contributed by atoms with Crippen LogP contribution in [0.15, 0.2) is 53.9 Å². The molecule has 1 fully saturated rings. The molecule has 0 amide bonds. The molecule has 0 saturated carbocycles. The van der Waals surface area contributed by atoms with Crippen molar-refractivity contribution in [2.24, 2.45) is 0 Å². The second-order valence-corrected chi connectivity index (χ2v) is 8.27. The molecule has 4 heteroatoms. The zero-order chi connectivity index (χ0) is 16.9. The van der Waals surface area contributed by atoms with E-state index in [-0.39, 0.29) is 18.3 Å². The molecule has 2 nitrogen and oxygen atoms in total. The fraction of sp³-hybridized carbons (Fsp3) is 0.300. The van der Waals surface area contributed by atoms with Gasteiger partial charge in [-0.05, 0) is 50.2 Å². The first-order chi connectivity index (χ1) is 11.4. The predicted molar refractivity (Wildman–Crippen MR) is 103 cm³/mol. The van der Waals surface area contributed by atoms with Gasteiger partial charge >= 0.3 is 7.12 Å².